The summed E-state index contributed by atoms with van der Waals surface area (Å²) in [6, 6.07) is 13.9. The highest BCUT2D eigenvalue weighted by atomic mass is 35.5. The molecule has 0 N–H and O–H groups in total. The Morgan fingerprint density at radius 3 is 2.77 bits per heavy atom. The molecule has 0 radical (unpaired) electrons. The van der Waals surface area contributed by atoms with E-state index in [-0.39, 0.29) is 5.82 Å². The van der Waals surface area contributed by atoms with Crippen LogP contribution in [0.4, 0.5) is 4.39 Å². The smallest absolute Gasteiger partial charge is 0.205 e. The first-order chi connectivity index (χ1) is 12.7. The first-order valence-electron chi connectivity index (χ1n) is 7.87. The summed E-state index contributed by atoms with van der Waals surface area (Å²) in [7, 11) is 0. The molecule has 0 aliphatic heterocycles. The maximum atomic E-state index is 13.3. The quantitative estimate of drug-likeness (QED) is 0.516. The number of thiazole rings is 1. The Kier molecular flexibility index (Phi) is 4.73. The lowest BCUT2D eigenvalue weighted by atomic mass is 10.2. The van der Waals surface area contributed by atoms with E-state index in [9.17, 15) is 4.39 Å². The fourth-order valence-electron chi connectivity index (χ4n) is 2.48. The Bertz CT molecular complexity index is 1030. The van der Waals surface area contributed by atoms with E-state index >= 15 is 0 Å². The van der Waals surface area contributed by atoms with Gasteiger partial charge in [-0.1, -0.05) is 35.9 Å². The molecule has 2 heterocycles. The molecule has 130 valence electrons. The van der Waals surface area contributed by atoms with Gasteiger partial charge >= 0.3 is 0 Å². The largest absolute Gasteiger partial charge is 0.244 e. The van der Waals surface area contributed by atoms with Crippen LogP contribution in [0.3, 0.4) is 0 Å². The van der Waals surface area contributed by atoms with Crippen molar-refractivity contribution in [1.29, 1.82) is 0 Å². The van der Waals surface area contributed by atoms with Crippen LogP contribution in [-0.2, 0) is 13.0 Å². The van der Waals surface area contributed by atoms with Gasteiger partial charge in [-0.2, -0.15) is 4.80 Å². The van der Waals surface area contributed by atoms with Gasteiger partial charge in [0, 0.05) is 22.4 Å². The number of nitrogens with zero attached hydrogens (tertiary/aromatic N) is 5. The predicted octanol–water partition coefficient (Wildman–Crippen LogP) is 4.23. The highest BCUT2D eigenvalue weighted by Gasteiger charge is 2.09. The lowest BCUT2D eigenvalue weighted by Gasteiger charge is -1.98. The molecule has 2 aromatic heterocycles. The van der Waals surface area contributed by atoms with E-state index in [1.807, 2.05) is 29.6 Å². The zero-order valence-corrected chi connectivity index (χ0v) is 15.1. The Balaban J connectivity index is 1.45. The lowest BCUT2D eigenvalue weighted by Crippen LogP contribution is -2.04. The number of hydrogen-bond acceptors (Lipinski definition) is 5. The van der Waals surface area contributed by atoms with Gasteiger partial charge in [-0.3, -0.25) is 0 Å². The molecular weight excluding hydrogens is 373 g/mol. The number of rotatable bonds is 5. The fourth-order valence-corrected chi connectivity index (χ4v) is 3.42. The fraction of sp³-hybridized carbons (Fsp3) is 0.111. The second-order valence-electron chi connectivity index (χ2n) is 5.69. The van der Waals surface area contributed by atoms with E-state index in [2.05, 4.69) is 20.4 Å². The van der Waals surface area contributed by atoms with Gasteiger partial charge in [-0.25, -0.2) is 9.37 Å². The van der Waals surface area contributed by atoms with E-state index in [0.29, 0.717) is 17.9 Å². The molecular formula is C18H13ClFN5S. The van der Waals surface area contributed by atoms with Crippen molar-refractivity contribution in [3.63, 3.8) is 0 Å². The zero-order valence-electron chi connectivity index (χ0n) is 13.5. The van der Waals surface area contributed by atoms with E-state index in [0.717, 1.165) is 27.7 Å². The van der Waals surface area contributed by atoms with Gasteiger partial charge in [0.15, 0.2) is 0 Å². The molecule has 0 aliphatic carbocycles. The summed E-state index contributed by atoms with van der Waals surface area (Å²) in [5.41, 5.74) is 2.61. The second kappa shape index (κ2) is 7.31. The summed E-state index contributed by atoms with van der Waals surface area (Å²) >= 11 is 7.50. The van der Waals surface area contributed by atoms with Crippen molar-refractivity contribution < 1.29 is 4.39 Å². The van der Waals surface area contributed by atoms with Crippen molar-refractivity contribution in [2.24, 2.45) is 0 Å². The monoisotopic (exact) mass is 385 g/mol. The van der Waals surface area contributed by atoms with E-state index < -0.39 is 0 Å². The van der Waals surface area contributed by atoms with Crippen molar-refractivity contribution in [2.45, 2.75) is 13.0 Å². The van der Waals surface area contributed by atoms with Crippen molar-refractivity contribution in [3.8, 4) is 11.4 Å². The topological polar surface area (TPSA) is 56.5 Å². The summed E-state index contributed by atoms with van der Waals surface area (Å²) in [5.74, 6) is 0.0614. The second-order valence-corrected chi connectivity index (χ2v) is 7.07. The van der Waals surface area contributed by atoms with Crippen molar-refractivity contribution in [1.82, 2.24) is 25.2 Å². The van der Waals surface area contributed by atoms with Crippen LogP contribution in [0, 0.1) is 5.82 Å². The van der Waals surface area contributed by atoms with Crippen LogP contribution in [0.25, 0.3) is 11.4 Å². The van der Waals surface area contributed by atoms with Gasteiger partial charge in [0.1, 0.15) is 12.4 Å². The SMILES string of the molecule is Fc1cccc(-c2nnn(Cc3csc(Cc4ccc(Cl)cc4)n3)n2)c1. The Morgan fingerprint density at radius 1 is 1.12 bits per heavy atom. The molecule has 0 amide bonds. The van der Waals surface area contributed by atoms with Crippen LogP contribution in [0.5, 0.6) is 0 Å². The van der Waals surface area contributed by atoms with Gasteiger partial charge in [-0.05, 0) is 35.0 Å². The van der Waals surface area contributed by atoms with Crippen LogP contribution < -0.4 is 0 Å². The summed E-state index contributed by atoms with van der Waals surface area (Å²) in [5, 5.41) is 16.0. The Hall–Kier alpha value is -2.64. The van der Waals surface area contributed by atoms with Gasteiger partial charge in [0.05, 0.1) is 10.7 Å². The molecule has 0 unspecified atom stereocenters. The highest BCUT2D eigenvalue weighted by molar-refractivity contribution is 7.09. The molecule has 8 heteroatoms. The summed E-state index contributed by atoms with van der Waals surface area (Å²) in [6.07, 6.45) is 0.751. The first-order valence-corrected chi connectivity index (χ1v) is 9.13. The third kappa shape index (κ3) is 3.95. The third-order valence-corrected chi connectivity index (χ3v) is 4.86. The maximum Gasteiger partial charge on any atom is 0.205 e. The molecule has 0 spiro atoms. The third-order valence-electron chi connectivity index (χ3n) is 3.71. The van der Waals surface area contributed by atoms with Gasteiger partial charge in [0.2, 0.25) is 5.82 Å². The highest BCUT2D eigenvalue weighted by Crippen LogP contribution is 2.18. The number of tetrazole rings is 1. The summed E-state index contributed by atoms with van der Waals surface area (Å²) in [6.45, 7) is 0.416. The molecule has 4 aromatic rings. The lowest BCUT2D eigenvalue weighted by molar-refractivity contribution is 0.565. The molecule has 0 fully saturated rings. The van der Waals surface area contributed by atoms with Crippen molar-refractivity contribution >= 4 is 22.9 Å². The normalized spacial score (nSPS) is 11.0. The molecule has 5 nitrogen and oxygen atoms in total. The van der Waals surface area contributed by atoms with Crippen LogP contribution in [0.15, 0.2) is 53.9 Å². The standard InChI is InChI=1S/C18H13ClFN5S/c19-14-6-4-12(5-7-14)8-17-21-16(11-26-17)10-25-23-18(22-24-25)13-2-1-3-15(20)9-13/h1-7,9,11H,8,10H2. The van der Waals surface area contributed by atoms with Gasteiger partial charge < -0.3 is 0 Å². The van der Waals surface area contributed by atoms with Gasteiger partial charge in [-0.15, -0.1) is 21.5 Å². The summed E-state index contributed by atoms with van der Waals surface area (Å²) < 4.78 is 13.3. The molecule has 4 rings (SSSR count). The Labute approximate surface area is 158 Å². The maximum absolute atomic E-state index is 13.3. The first kappa shape index (κ1) is 16.8. The molecule has 26 heavy (non-hydrogen) atoms. The van der Waals surface area contributed by atoms with Crippen LogP contribution in [-0.4, -0.2) is 25.2 Å². The average molecular weight is 386 g/mol. The minimum atomic E-state index is -0.329. The van der Waals surface area contributed by atoms with Crippen LogP contribution in [0.1, 0.15) is 16.3 Å². The molecule has 0 bridgehead atoms. The van der Waals surface area contributed by atoms with E-state index in [1.165, 1.54) is 16.9 Å². The number of aromatic nitrogens is 5. The molecule has 0 atom stereocenters. The molecule has 0 aliphatic rings. The zero-order chi connectivity index (χ0) is 17.9. The summed E-state index contributed by atoms with van der Waals surface area (Å²) in [4.78, 5) is 6.08. The number of hydrogen-bond donors (Lipinski definition) is 0. The van der Waals surface area contributed by atoms with Crippen LogP contribution in [0.2, 0.25) is 5.02 Å². The minimum Gasteiger partial charge on any atom is -0.244 e. The minimum absolute atomic E-state index is 0.329. The molecule has 0 saturated heterocycles. The van der Waals surface area contributed by atoms with Crippen molar-refractivity contribution in [3.05, 3.63) is 81.0 Å². The number of benzene rings is 2. The van der Waals surface area contributed by atoms with E-state index in [1.54, 1.807) is 23.5 Å². The average Bonchev–Trinajstić information content (AvgIpc) is 3.27. The predicted molar refractivity (Wildman–Crippen MR) is 98.7 cm³/mol. The number of halogens is 2. The van der Waals surface area contributed by atoms with Crippen LogP contribution >= 0.6 is 22.9 Å². The van der Waals surface area contributed by atoms with E-state index in [4.69, 9.17) is 11.6 Å². The Morgan fingerprint density at radius 2 is 1.96 bits per heavy atom. The van der Waals surface area contributed by atoms with Crippen molar-refractivity contribution in [2.75, 3.05) is 0 Å². The molecule has 0 saturated carbocycles. The molecule has 2 aromatic carbocycles. The van der Waals surface area contributed by atoms with Gasteiger partial charge in [0.25, 0.3) is 0 Å².